The number of para-hydroxylation sites is 2. The molecule has 0 aliphatic carbocycles. The molecular weight excluding hydrogens is 500 g/mol. The lowest BCUT2D eigenvalue weighted by molar-refractivity contribution is 0.575. The quantitative estimate of drug-likeness (QED) is 0.233. The molecule has 5 nitrogen and oxygen atoms in total. The number of nitrogens with zero attached hydrogens (tertiary/aromatic N) is 4. The van der Waals surface area contributed by atoms with Crippen LogP contribution in [0.25, 0.3) is 71.0 Å². The van der Waals surface area contributed by atoms with Crippen LogP contribution in [-0.2, 0) is 0 Å². The van der Waals surface area contributed by atoms with E-state index in [1.807, 2.05) is 30.5 Å². The van der Waals surface area contributed by atoms with Crippen LogP contribution in [0.1, 0.15) is 0 Å². The average Bonchev–Trinajstić information content (AvgIpc) is 3.75. The molecule has 0 radical (unpaired) electrons. The zero-order chi connectivity index (χ0) is 25.8. The van der Waals surface area contributed by atoms with Gasteiger partial charge in [-0.25, -0.2) is 9.97 Å². The van der Waals surface area contributed by atoms with Crippen molar-refractivity contribution in [3.8, 4) is 39.0 Å². The fraction of sp³-hybridized carbons (Fsp3) is 0. The van der Waals surface area contributed by atoms with Crippen LogP contribution in [0.3, 0.4) is 0 Å². The Morgan fingerprint density at radius 3 is 2.49 bits per heavy atom. The van der Waals surface area contributed by atoms with Crippen LogP contribution >= 0.6 is 11.3 Å². The Hall–Kier alpha value is -5.07. The molecule has 0 N–H and O–H groups in total. The summed E-state index contributed by atoms with van der Waals surface area (Å²) in [5.41, 5.74) is 8.23. The van der Waals surface area contributed by atoms with Gasteiger partial charge in [-0.1, -0.05) is 54.6 Å². The Kier molecular flexibility index (Phi) is 4.93. The normalized spacial score (nSPS) is 11.6. The van der Waals surface area contributed by atoms with Gasteiger partial charge in [0.2, 0.25) is 5.89 Å². The average molecular weight is 521 g/mol. The lowest BCUT2D eigenvalue weighted by Crippen LogP contribution is -1.96. The molecule has 4 aromatic heterocycles. The topological polar surface area (TPSA) is 56.7 Å². The van der Waals surface area contributed by atoms with Crippen molar-refractivity contribution in [2.75, 3.05) is 0 Å². The minimum Gasteiger partial charge on any atom is -0.444 e. The molecule has 4 heterocycles. The summed E-state index contributed by atoms with van der Waals surface area (Å²) < 4.78 is 9.29. The molecule has 0 spiro atoms. The zero-order valence-corrected chi connectivity index (χ0v) is 21.5. The van der Waals surface area contributed by atoms with E-state index in [0.717, 1.165) is 60.4 Å². The largest absolute Gasteiger partial charge is 0.444 e. The summed E-state index contributed by atoms with van der Waals surface area (Å²) in [6.45, 7) is 0. The number of oxazole rings is 1. The van der Waals surface area contributed by atoms with Crippen LogP contribution in [0.15, 0.2) is 126 Å². The van der Waals surface area contributed by atoms with E-state index in [2.05, 4.69) is 93.4 Å². The van der Waals surface area contributed by atoms with Gasteiger partial charge in [-0.3, -0.25) is 4.98 Å². The smallest absolute Gasteiger partial charge is 0.228 e. The molecule has 0 amide bonds. The van der Waals surface area contributed by atoms with E-state index in [4.69, 9.17) is 9.40 Å². The maximum atomic E-state index is 5.79. The van der Waals surface area contributed by atoms with Gasteiger partial charge in [0.15, 0.2) is 0 Å². The molecule has 4 aromatic carbocycles. The van der Waals surface area contributed by atoms with Crippen molar-refractivity contribution in [1.82, 2.24) is 19.5 Å². The number of thiazole rings is 1. The number of benzene rings is 4. The van der Waals surface area contributed by atoms with Crippen molar-refractivity contribution in [3.05, 3.63) is 122 Å². The third kappa shape index (κ3) is 3.57. The maximum absolute atomic E-state index is 5.79. The van der Waals surface area contributed by atoms with Crippen molar-refractivity contribution < 1.29 is 4.42 Å². The highest BCUT2D eigenvalue weighted by Gasteiger charge is 2.20. The highest BCUT2D eigenvalue weighted by atomic mass is 32.1. The summed E-state index contributed by atoms with van der Waals surface area (Å²) in [7, 11) is 0. The second-order valence-electron chi connectivity index (χ2n) is 9.36. The number of pyridine rings is 1. The molecular formula is C33H20N4OS. The Bertz CT molecular complexity index is 2090. The van der Waals surface area contributed by atoms with Gasteiger partial charge in [-0.15, -0.1) is 11.3 Å². The molecule has 0 saturated heterocycles. The van der Waals surface area contributed by atoms with Gasteiger partial charge in [0.05, 0.1) is 38.7 Å². The van der Waals surface area contributed by atoms with Crippen LogP contribution in [0, 0.1) is 0 Å². The third-order valence-electron chi connectivity index (χ3n) is 7.06. The fourth-order valence-electron chi connectivity index (χ4n) is 5.33. The first-order valence-corrected chi connectivity index (χ1v) is 13.5. The summed E-state index contributed by atoms with van der Waals surface area (Å²) in [6.07, 6.45) is 5.13. The van der Waals surface area contributed by atoms with Crippen molar-refractivity contribution in [2.24, 2.45) is 0 Å². The molecule has 0 unspecified atom stereocenters. The van der Waals surface area contributed by atoms with E-state index in [-0.39, 0.29) is 0 Å². The second-order valence-corrected chi connectivity index (χ2v) is 10.4. The molecule has 0 aliphatic rings. The first kappa shape index (κ1) is 22.0. The van der Waals surface area contributed by atoms with Crippen LogP contribution in [-0.4, -0.2) is 19.5 Å². The number of hydrogen-bond donors (Lipinski definition) is 0. The molecule has 8 aromatic rings. The van der Waals surface area contributed by atoms with Crippen molar-refractivity contribution in [1.29, 1.82) is 0 Å². The van der Waals surface area contributed by atoms with E-state index in [1.165, 1.54) is 4.70 Å². The minimum atomic E-state index is 0.594. The summed E-state index contributed by atoms with van der Waals surface area (Å²) in [5, 5.41) is 3.30. The standard InChI is InChI=1S/C33H20N4OS/c1-2-13-30-28(12-1)36-33(39-30)22-14-15-24-25-9-6-10-26(32-35-17-18-38-32)31(25)37(29(24)20-22)23-8-5-7-21(19-23)27-11-3-4-16-34-27/h1-20H. The van der Waals surface area contributed by atoms with Crippen molar-refractivity contribution in [2.45, 2.75) is 0 Å². The Balaban J connectivity index is 1.44. The molecule has 0 saturated carbocycles. The van der Waals surface area contributed by atoms with Crippen molar-refractivity contribution >= 4 is 43.4 Å². The lowest BCUT2D eigenvalue weighted by Gasteiger charge is -2.12. The number of hydrogen-bond acceptors (Lipinski definition) is 5. The third-order valence-corrected chi connectivity index (χ3v) is 8.14. The van der Waals surface area contributed by atoms with Gasteiger partial charge in [0.1, 0.15) is 11.3 Å². The SMILES string of the molecule is c1ccc(-c2cccc(-n3c4cc(-c5nc6ccccc6s5)ccc4c4cccc(-c5ncco5)c43)c2)nc1. The Labute approximate surface area is 227 Å². The van der Waals surface area contributed by atoms with E-state index >= 15 is 0 Å². The maximum Gasteiger partial charge on any atom is 0.228 e. The minimum absolute atomic E-state index is 0.594. The first-order chi connectivity index (χ1) is 19.3. The van der Waals surface area contributed by atoms with Crippen LogP contribution in [0.4, 0.5) is 0 Å². The van der Waals surface area contributed by atoms with Gasteiger partial charge in [-0.2, -0.15) is 0 Å². The molecule has 39 heavy (non-hydrogen) atoms. The second kappa shape index (κ2) is 8.75. The molecule has 0 bridgehead atoms. The van der Waals surface area contributed by atoms with Gasteiger partial charge >= 0.3 is 0 Å². The van der Waals surface area contributed by atoms with E-state index in [1.54, 1.807) is 23.8 Å². The molecule has 6 heteroatoms. The summed E-state index contributed by atoms with van der Waals surface area (Å²) in [4.78, 5) is 14.0. The highest BCUT2D eigenvalue weighted by molar-refractivity contribution is 7.21. The highest BCUT2D eigenvalue weighted by Crippen LogP contribution is 2.40. The molecule has 0 aliphatic heterocycles. The predicted molar refractivity (Wildman–Crippen MR) is 158 cm³/mol. The number of fused-ring (bicyclic) bond motifs is 4. The van der Waals surface area contributed by atoms with Crippen LogP contribution in [0.5, 0.6) is 0 Å². The molecule has 0 atom stereocenters. The van der Waals surface area contributed by atoms with Crippen molar-refractivity contribution in [3.63, 3.8) is 0 Å². The van der Waals surface area contributed by atoms with E-state index < -0.39 is 0 Å². The van der Waals surface area contributed by atoms with E-state index in [9.17, 15) is 0 Å². The summed E-state index contributed by atoms with van der Waals surface area (Å²) in [6, 6.07) is 35.7. The summed E-state index contributed by atoms with van der Waals surface area (Å²) >= 11 is 1.71. The number of rotatable bonds is 4. The van der Waals surface area contributed by atoms with Gasteiger partial charge in [0.25, 0.3) is 0 Å². The Morgan fingerprint density at radius 1 is 0.692 bits per heavy atom. The molecule has 8 rings (SSSR count). The van der Waals surface area contributed by atoms with Crippen LogP contribution < -0.4 is 0 Å². The Morgan fingerprint density at radius 2 is 1.62 bits per heavy atom. The van der Waals surface area contributed by atoms with Gasteiger partial charge in [0, 0.05) is 33.8 Å². The van der Waals surface area contributed by atoms with Gasteiger partial charge < -0.3 is 8.98 Å². The van der Waals surface area contributed by atoms with Crippen LogP contribution in [0.2, 0.25) is 0 Å². The predicted octanol–water partition coefficient (Wildman–Crippen LogP) is 8.78. The van der Waals surface area contributed by atoms with Gasteiger partial charge in [-0.05, 0) is 48.5 Å². The number of aromatic nitrogens is 4. The first-order valence-electron chi connectivity index (χ1n) is 12.7. The van der Waals surface area contributed by atoms with E-state index in [0.29, 0.717) is 5.89 Å². The molecule has 0 fully saturated rings. The lowest BCUT2D eigenvalue weighted by atomic mass is 10.1. The molecule has 184 valence electrons. The zero-order valence-electron chi connectivity index (χ0n) is 20.7. The fourth-order valence-corrected chi connectivity index (χ4v) is 6.29. The monoisotopic (exact) mass is 520 g/mol. The summed E-state index contributed by atoms with van der Waals surface area (Å²) in [5.74, 6) is 0.594.